The van der Waals surface area contributed by atoms with Gasteiger partial charge in [-0.2, -0.15) is 0 Å². The molecule has 0 fully saturated rings. The number of nitrogens with one attached hydrogen (secondary N) is 1. The molecule has 0 aliphatic carbocycles. The fraction of sp³-hybridized carbons (Fsp3) is 0. The summed E-state index contributed by atoms with van der Waals surface area (Å²) in [5.41, 5.74) is 0.995. The zero-order valence-corrected chi connectivity index (χ0v) is 11.1. The summed E-state index contributed by atoms with van der Waals surface area (Å²) in [5, 5.41) is 12.8. The van der Waals surface area contributed by atoms with E-state index in [4.69, 9.17) is 4.91 Å². The highest BCUT2D eigenvalue weighted by Crippen LogP contribution is 2.20. The number of H-pyrrole nitrogens is 1. The Morgan fingerprint density at radius 1 is 1.44 bits per heavy atom. The first-order valence-corrected chi connectivity index (χ1v) is 6.05. The molecule has 3 aromatic rings. The van der Waals surface area contributed by atoms with Crippen molar-refractivity contribution in [3.05, 3.63) is 35.5 Å². The van der Waals surface area contributed by atoms with Gasteiger partial charge in [0.15, 0.2) is 5.34 Å². The standard InChI is InChI=1S/C8H5N5S.BrNO2/c1-2-4-7-6(3-1)10-8(14-7)13-5-9-11-12-13;1-4-2-3/h1-5H;/p+1. The molecule has 0 saturated carbocycles. The van der Waals surface area contributed by atoms with E-state index in [0.717, 1.165) is 15.3 Å². The first-order valence-electron chi connectivity index (χ1n) is 4.59. The van der Waals surface area contributed by atoms with Gasteiger partial charge in [-0.3, -0.25) is 3.93 Å². The van der Waals surface area contributed by atoms with Crippen LogP contribution in [0, 0.1) is 4.91 Å². The molecule has 3 rings (SSSR count). The molecule has 10 heteroatoms. The van der Waals surface area contributed by atoms with Crippen molar-refractivity contribution in [2.75, 3.05) is 0 Å². The zero-order valence-electron chi connectivity index (χ0n) is 8.73. The third kappa shape index (κ3) is 2.84. The molecular weight excluding hydrogens is 324 g/mol. The predicted molar refractivity (Wildman–Crippen MR) is 66.9 cm³/mol. The Balaban J connectivity index is 0.000000267. The van der Waals surface area contributed by atoms with Crippen molar-refractivity contribution in [1.82, 2.24) is 20.5 Å². The maximum absolute atomic E-state index is 8.65. The highest BCUT2D eigenvalue weighted by Gasteiger charge is 2.11. The summed E-state index contributed by atoms with van der Waals surface area (Å²) in [6.07, 6.45) is 1.59. The molecule has 0 aliphatic heterocycles. The van der Waals surface area contributed by atoms with E-state index < -0.39 is 0 Å². The van der Waals surface area contributed by atoms with Crippen LogP contribution in [0.2, 0.25) is 0 Å². The van der Waals surface area contributed by atoms with Crippen LogP contribution in [0.1, 0.15) is 0 Å². The maximum Gasteiger partial charge on any atom is 0.313 e. The van der Waals surface area contributed by atoms with Gasteiger partial charge < -0.3 is 0 Å². The van der Waals surface area contributed by atoms with E-state index in [-0.39, 0.29) is 0 Å². The van der Waals surface area contributed by atoms with Crippen LogP contribution >= 0.6 is 27.6 Å². The van der Waals surface area contributed by atoms with Crippen molar-refractivity contribution < 1.29 is 8.61 Å². The van der Waals surface area contributed by atoms with Gasteiger partial charge in [0.2, 0.25) is 16.3 Å². The summed E-state index contributed by atoms with van der Waals surface area (Å²) in [7, 11) is 0. The lowest BCUT2D eigenvalue weighted by Gasteiger charge is -1.80. The van der Waals surface area contributed by atoms with Crippen molar-refractivity contribution in [3.63, 3.8) is 0 Å². The molecule has 92 valence electrons. The van der Waals surface area contributed by atoms with Crippen LogP contribution in [-0.2, 0) is 3.93 Å². The average Bonchev–Trinajstić information content (AvgIpc) is 3.07. The number of benzene rings is 1. The Labute approximate surface area is 113 Å². The van der Waals surface area contributed by atoms with E-state index >= 15 is 0 Å². The Morgan fingerprint density at radius 2 is 2.22 bits per heavy atom. The van der Waals surface area contributed by atoms with Crippen LogP contribution in [-0.4, -0.2) is 20.5 Å². The van der Waals surface area contributed by atoms with Gasteiger partial charge in [-0.25, -0.2) is 0 Å². The minimum Gasteiger partial charge on any atom is -0.281 e. The number of halogens is 1. The van der Waals surface area contributed by atoms with Crippen molar-refractivity contribution in [2.45, 2.75) is 0 Å². The lowest BCUT2D eigenvalue weighted by Crippen LogP contribution is -2.31. The largest absolute Gasteiger partial charge is 0.313 e. The van der Waals surface area contributed by atoms with Crippen molar-refractivity contribution in [2.24, 2.45) is 5.34 Å². The number of tetrazole rings is 1. The Hall–Kier alpha value is -1.94. The molecule has 0 bridgehead atoms. The number of aromatic nitrogens is 5. The summed E-state index contributed by atoms with van der Waals surface area (Å²) in [6, 6.07) is 8.00. The molecule has 0 radical (unpaired) electrons. The third-order valence-electron chi connectivity index (χ3n) is 1.89. The van der Waals surface area contributed by atoms with E-state index in [9.17, 15) is 0 Å². The van der Waals surface area contributed by atoms with Crippen molar-refractivity contribution in [3.8, 4) is 5.13 Å². The number of hydrogen-bond acceptors (Lipinski definition) is 7. The summed E-state index contributed by atoms with van der Waals surface area (Å²) in [4.78, 5) is 13.1. The normalized spacial score (nSPS) is 9.61. The minimum atomic E-state index is 0.844. The number of thiazole rings is 1. The number of fused-ring (bicyclic) bond motifs is 1. The highest BCUT2D eigenvalue weighted by molar-refractivity contribution is 9.05. The minimum absolute atomic E-state index is 0.844. The van der Waals surface area contributed by atoms with Gasteiger partial charge in [0.1, 0.15) is 10.7 Å². The molecule has 0 atom stereocenters. The molecule has 1 N–H and O–H groups in total. The molecule has 2 heterocycles. The first-order chi connectivity index (χ1) is 8.85. The molecule has 0 amide bonds. The lowest BCUT2D eigenvalue weighted by molar-refractivity contribution is -0.659. The average molecular weight is 330 g/mol. The Bertz CT molecular complexity index is 594. The second-order valence-electron chi connectivity index (χ2n) is 2.91. The molecule has 0 saturated heterocycles. The molecule has 0 unspecified atom stereocenters. The molecule has 2 aromatic heterocycles. The van der Waals surface area contributed by atoms with Crippen LogP contribution in [0.3, 0.4) is 0 Å². The second-order valence-corrected chi connectivity index (χ2v) is 4.21. The number of hydrogen-bond donors (Lipinski definition) is 1. The monoisotopic (exact) mass is 329 g/mol. The van der Waals surface area contributed by atoms with Crippen molar-refractivity contribution in [1.29, 1.82) is 0 Å². The second kappa shape index (κ2) is 6.12. The third-order valence-corrected chi connectivity index (χ3v) is 3.05. The van der Waals surface area contributed by atoms with E-state index in [1.54, 1.807) is 22.3 Å². The van der Waals surface area contributed by atoms with Gasteiger partial charge in [0.05, 0.1) is 4.70 Å². The maximum atomic E-state index is 8.65. The van der Waals surface area contributed by atoms with Gasteiger partial charge in [-0.05, 0) is 12.1 Å². The fourth-order valence-corrected chi connectivity index (χ4v) is 2.12. The Morgan fingerprint density at radius 3 is 2.83 bits per heavy atom. The van der Waals surface area contributed by atoms with Crippen LogP contribution < -0.4 is 4.68 Å². The Kier molecular flexibility index (Phi) is 4.25. The summed E-state index contributed by atoms with van der Waals surface area (Å²) in [5.74, 6) is 0. The molecule has 8 nitrogen and oxygen atoms in total. The smallest absolute Gasteiger partial charge is 0.281 e. The molecule has 0 spiro atoms. The van der Waals surface area contributed by atoms with Crippen LogP contribution in [0.4, 0.5) is 0 Å². The number of aromatic amines is 1. The van der Waals surface area contributed by atoms with Gasteiger partial charge in [0, 0.05) is 5.10 Å². The van der Waals surface area contributed by atoms with Gasteiger partial charge >= 0.3 is 5.13 Å². The molecule has 1 aromatic carbocycles. The predicted octanol–water partition coefficient (Wildman–Crippen LogP) is 1.69. The summed E-state index contributed by atoms with van der Waals surface area (Å²) >= 11 is 3.86. The van der Waals surface area contributed by atoms with Crippen LogP contribution in [0.15, 0.2) is 35.9 Å². The molecule has 18 heavy (non-hydrogen) atoms. The molecule has 0 aliphatic rings. The first kappa shape index (κ1) is 12.5. The van der Waals surface area contributed by atoms with Crippen LogP contribution in [0.25, 0.3) is 15.3 Å². The van der Waals surface area contributed by atoms with E-state index in [1.165, 1.54) is 0 Å². The van der Waals surface area contributed by atoms with E-state index in [2.05, 4.69) is 40.7 Å². The van der Waals surface area contributed by atoms with E-state index in [0.29, 0.717) is 0 Å². The topological polar surface area (TPSA) is 97.0 Å². The summed E-state index contributed by atoms with van der Waals surface area (Å²) < 4.78 is 6.27. The van der Waals surface area contributed by atoms with Gasteiger partial charge in [-0.1, -0.05) is 28.7 Å². The highest BCUT2D eigenvalue weighted by atomic mass is 79.9. The quantitative estimate of drug-likeness (QED) is 0.438. The zero-order chi connectivity index (χ0) is 12.8. The lowest BCUT2D eigenvalue weighted by atomic mass is 10.3. The number of para-hydroxylation sites is 1. The fourth-order valence-electron chi connectivity index (χ4n) is 1.23. The molecular formula is C8H6BrN6O2S+. The number of nitrogens with zero attached hydrogens (tertiary/aromatic N) is 5. The summed E-state index contributed by atoms with van der Waals surface area (Å²) in [6.45, 7) is 0. The van der Waals surface area contributed by atoms with E-state index in [1.807, 2.05) is 29.6 Å². The van der Waals surface area contributed by atoms with Crippen LogP contribution in [0.5, 0.6) is 0 Å². The SMILES string of the molecule is O=NOBr.c1ccc2sc(-[n+]3cnn[nH]3)nc2c1. The van der Waals surface area contributed by atoms with Gasteiger partial charge in [0.25, 0.3) is 6.33 Å². The van der Waals surface area contributed by atoms with Crippen molar-refractivity contribution >= 4 is 37.8 Å². The van der Waals surface area contributed by atoms with Gasteiger partial charge in [-0.15, -0.1) is 14.6 Å². The number of rotatable bonds is 2.